The maximum absolute atomic E-state index is 13.3. The van der Waals surface area contributed by atoms with Crippen molar-refractivity contribution in [3.8, 4) is 16.3 Å². The number of fused-ring (bicyclic) bond motifs is 2. The van der Waals surface area contributed by atoms with Gasteiger partial charge in [-0.05, 0) is 25.3 Å². The van der Waals surface area contributed by atoms with Crippen molar-refractivity contribution < 1.29 is 19.4 Å². The molecule has 4 aromatic heterocycles. The van der Waals surface area contributed by atoms with Crippen LogP contribution in [0.1, 0.15) is 35.6 Å². The minimum absolute atomic E-state index is 0.117. The van der Waals surface area contributed by atoms with E-state index in [0.717, 1.165) is 29.2 Å². The van der Waals surface area contributed by atoms with Gasteiger partial charge < -0.3 is 20.5 Å². The molecule has 3 N–H and O–H groups in total. The number of aliphatic hydroxyl groups excluding tert-OH is 1. The topological polar surface area (TPSA) is 139 Å². The van der Waals surface area contributed by atoms with Gasteiger partial charge in [0.2, 0.25) is 11.8 Å². The molecule has 2 aliphatic rings. The highest BCUT2D eigenvalue weighted by atomic mass is 32.1. The second kappa shape index (κ2) is 9.43. The SMILES string of the molecule is Cc1ncc(NC(=O)CN2CC(C)(C)C2)cc1NC(=O)c1cnn2cc(-c3c(C)nn4c3OCC(O)C4)sc12. The zero-order chi connectivity index (χ0) is 27.5. The molecule has 1 fully saturated rings. The predicted molar refractivity (Wildman–Crippen MR) is 146 cm³/mol. The Labute approximate surface area is 228 Å². The zero-order valence-corrected chi connectivity index (χ0v) is 23.0. The summed E-state index contributed by atoms with van der Waals surface area (Å²) in [7, 11) is 0. The van der Waals surface area contributed by atoms with E-state index >= 15 is 0 Å². The molecule has 13 heteroatoms. The summed E-state index contributed by atoms with van der Waals surface area (Å²) in [5.74, 6) is 0.156. The van der Waals surface area contributed by atoms with Crippen molar-refractivity contribution in [3.63, 3.8) is 0 Å². The normalized spacial score (nSPS) is 18.3. The number of aliphatic hydroxyl groups is 1. The summed E-state index contributed by atoms with van der Waals surface area (Å²) in [5.41, 5.74) is 3.92. The number of likely N-dealkylation sites (tertiary alicyclic amines) is 1. The van der Waals surface area contributed by atoms with Crippen LogP contribution < -0.4 is 15.4 Å². The summed E-state index contributed by atoms with van der Waals surface area (Å²) in [6.45, 7) is 10.7. The van der Waals surface area contributed by atoms with Gasteiger partial charge in [-0.25, -0.2) is 9.20 Å². The lowest BCUT2D eigenvalue weighted by atomic mass is 9.84. The van der Waals surface area contributed by atoms with Gasteiger partial charge in [-0.15, -0.1) is 11.3 Å². The predicted octanol–water partition coefficient (Wildman–Crippen LogP) is 2.56. The third-order valence-electron chi connectivity index (χ3n) is 6.85. The Balaban J connectivity index is 1.19. The van der Waals surface area contributed by atoms with Gasteiger partial charge in [0, 0.05) is 19.3 Å². The maximum atomic E-state index is 13.3. The molecule has 0 aliphatic carbocycles. The van der Waals surface area contributed by atoms with Crippen LogP contribution in [0, 0.1) is 19.3 Å². The van der Waals surface area contributed by atoms with Gasteiger partial charge >= 0.3 is 0 Å². The summed E-state index contributed by atoms with van der Waals surface area (Å²) in [6, 6.07) is 1.72. The largest absolute Gasteiger partial charge is 0.475 e. The van der Waals surface area contributed by atoms with Crippen molar-refractivity contribution in [2.45, 2.75) is 40.3 Å². The number of hydrogen-bond acceptors (Lipinski definition) is 9. The number of pyridine rings is 1. The van der Waals surface area contributed by atoms with Crippen LogP contribution in [-0.2, 0) is 11.3 Å². The van der Waals surface area contributed by atoms with Crippen molar-refractivity contribution in [3.05, 3.63) is 41.6 Å². The molecule has 0 bridgehead atoms. The quantitative estimate of drug-likeness (QED) is 0.333. The van der Waals surface area contributed by atoms with E-state index < -0.39 is 6.10 Å². The minimum atomic E-state index is -0.599. The van der Waals surface area contributed by atoms with Crippen LogP contribution >= 0.6 is 11.3 Å². The van der Waals surface area contributed by atoms with E-state index in [2.05, 4.69) is 44.6 Å². The number of aryl methyl sites for hydroxylation is 2. The van der Waals surface area contributed by atoms with E-state index in [-0.39, 0.29) is 23.8 Å². The number of anilines is 2. The van der Waals surface area contributed by atoms with Gasteiger partial charge in [-0.2, -0.15) is 10.2 Å². The first kappa shape index (κ1) is 25.5. The lowest BCUT2D eigenvalue weighted by Crippen LogP contribution is -2.54. The molecule has 12 nitrogen and oxygen atoms in total. The second-order valence-electron chi connectivity index (χ2n) is 11.0. The fraction of sp³-hybridized carbons (Fsp3) is 0.423. The maximum Gasteiger partial charge on any atom is 0.260 e. The van der Waals surface area contributed by atoms with Gasteiger partial charge in [0.05, 0.1) is 64.2 Å². The number of thiazole rings is 1. The van der Waals surface area contributed by atoms with Gasteiger partial charge in [-0.3, -0.25) is 19.5 Å². The number of nitrogens with zero attached hydrogens (tertiary/aromatic N) is 6. The Kier molecular flexibility index (Phi) is 6.16. The van der Waals surface area contributed by atoms with Crippen LogP contribution in [0.2, 0.25) is 0 Å². The molecule has 4 aromatic rings. The van der Waals surface area contributed by atoms with Gasteiger partial charge in [0.1, 0.15) is 17.5 Å². The number of hydrogen-bond donors (Lipinski definition) is 3. The Bertz CT molecular complexity index is 1590. The molecule has 1 atom stereocenters. The minimum Gasteiger partial charge on any atom is -0.475 e. The van der Waals surface area contributed by atoms with Crippen molar-refractivity contribution >= 4 is 39.4 Å². The third-order valence-corrected chi connectivity index (χ3v) is 7.98. The van der Waals surface area contributed by atoms with Gasteiger partial charge in [0.25, 0.3) is 5.91 Å². The highest BCUT2D eigenvalue weighted by Crippen LogP contribution is 2.40. The smallest absolute Gasteiger partial charge is 0.260 e. The molecule has 204 valence electrons. The van der Waals surface area contributed by atoms with E-state index in [1.54, 1.807) is 28.4 Å². The standard InChI is InChI=1S/C26H30N8O4S/c1-14-19(5-16(6-27-14)29-21(36)10-32-12-26(3,4)13-32)30-23(37)18-7-28-34-9-20(39-25(18)34)22-15(2)31-33-8-17(35)11-38-24(22)33/h5-7,9,17,35H,8,10-13H2,1-4H3,(H,29,36)(H,30,37). The highest BCUT2D eigenvalue weighted by molar-refractivity contribution is 7.21. The third kappa shape index (κ3) is 4.88. The number of amides is 2. The van der Waals surface area contributed by atoms with Crippen molar-refractivity contribution in [2.75, 3.05) is 36.9 Å². The molecule has 2 aliphatic heterocycles. The number of carbonyl (C=O) groups excluding carboxylic acids is 2. The average molecular weight is 551 g/mol. The van der Waals surface area contributed by atoms with Crippen molar-refractivity contribution in [1.29, 1.82) is 0 Å². The molecular weight excluding hydrogens is 520 g/mol. The highest BCUT2D eigenvalue weighted by Gasteiger charge is 2.34. The average Bonchev–Trinajstić information content (AvgIpc) is 3.51. The van der Waals surface area contributed by atoms with Crippen LogP contribution in [-0.4, -0.2) is 78.5 Å². The summed E-state index contributed by atoms with van der Waals surface area (Å²) in [5, 5.41) is 24.6. The number of nitrogens with one attached hydrogen (secondary N) is 2. The molecule has 0 radical (unpaired) electrons. The molecule has 0 aromatic carbocycles. The summed E-state index contributed by atoms with van der Waals surface area (Å²) < 4.78 is 9.10. The Morgan fingerprint density at radius 1 is 1.21 bits per heavy atom. The van der Waals surface area contributed by atoms with E-state index in [4.69, 9.17) is 4.74 Å². The molecule has 0 saturated carbocycles. The van der Waals surface area contributed by atoms with Crippen LogP contribution in [0.25, 0.3) is 15.3 Å². The first-order chi connectivity index (χ1) is 18.6. The van der Waals surface area contributed by atoms with Crippen LogP contribution in [0.5, 0.6) is 5.88 Å². The first-order valence-electron chi connectivity index (χ1n) is 12.7. The summed E-state index contributed by atoms with van der Waals surface area (Å²) in [6.07, 6.45) is 4.36. The molecule has 6 heterocycles. The van der Waals surface area contributed by atoms with Gasteiger partial charge in [0.15, 0.2) is 0 Å². The Morgan fingerprint density at radius 3 is 2.77 bits per heavy atom. The zero-order valence-electron chi connectivity index (χ0n) is 22.2. The molecule has 1 saturated heterocycles. The Morgan fingerprint density at radius 2 is 2.00 bits per heavy atom. The fourth-order valence-corrected chi connectivity index (χ4v) is 6.34. The molecule has 6 rings (SSSR count). The summed E-state index contributed by atoms with van der Waals surface area (Å²) in [4.78, 5) is 33.8. The number of carbonyl (C=O) groups is 2. The lowest BCUT2D eigenvalue weighted by Gasteiger charge is -2.45. The van der Waals surface area contributed by atoms with Crippen LogP contribution in [0.3, 0.4) is 0 Å². The summed E-state index contributed by atoms with van der Waals surface area (Å²) >= 11 is 1.41. The fourth-order valence-electron chi connectivity index (χ4n) is 5.20. The van der Waals surface area contributed by atoms with E-state index in [1.807, 2.05) is 13.1 Å². The molecule has 0 spiro atoms. The number of rotatable bonds is 6. The molecule has 2 amide bonds. The molecular formula is C26H30N8O4S. The number of ether oxygens (including phenoxy) is 1. The van der Waals surface area contributed by atoms with E-state index in [1.165, 1.54) is 17.5 Å². The van der Waals surface area contributed by atoms with Crippen LogP contribution in [0.4, 0.5) is 11.4 Å². The first-order valence-corrected chi connectivity index (χ1v) is 13.5. The van der Waals surface area contributed by atoms with Crippen molar-refractivity contribution in [2.24, 2.45) is 5.41 Å². The lowest BCUT2D eigenvalue weighted by molar-refractivity contribution is -0.120. The van der Waals surface area contributed by atoms with E-state index in [0.29, 0.717) is 46.4 Å². The molecule has 1 unspecified atom stereocenters. The number of aromatic nitrogens is 5. The van der Waals surface area contributed by atoms with Gasteiger partial charge in [-0.1, -0.05) is 13.8 Å². The molecule has 39 heavy (non-hydrogen) atoms. The second-order valence-corrected chi connectivity index (χ2v) is 12.0. The van der Waals surface area contributed by atoms with E-state index in [9.17, 15) is 14.7 Å². The van der Waals surface area contributed by atoms with Crippen molar-refractivity contribution in [1.82, 2.24) is 29.3 Å². The monoisotopic (exact) mass is 550 g/mol. The van der Waals surface area contributed by atoms with Crippen LogP contribution in [0.15, 0.2) is 24.7 Å². The Hall–Kier alpha value is -3.81.